The van der Waals surface area contributed by atoms with Gasteiger partial charge in [0.25, 0.3) is 5.91 Å². The molecule has 1 atom stereocenters. The quantitative estimate of drug-likeness (QED) is 0.819. The van der Waals surface area contributed by atoms with Crippen LogP contribution in [0.3, 0.4) is 0 Å². The van der Waals surface area contributed by atoms with E-state index in [2.05, 4.69) is 31.2 Å². The fourth-order valence-electron chi connectivity index (χ4n) is 2.98. The monoisotopic (exact) mass is 359 g/mol. The van der Waals surface area contributed by atoms with E-state index in [0.29, 0.717) is 11.0 Å². The number of aryl methyl sites for hydroxylation is 1. The molecule has 0 radical (unpaired) electrons. The van der Waals surface area contributed by atoms with Gasteiger partial charge in [-0.2, -0.15) is 11.8 Å². The summed E-state index contributed by atoms with van der Waals surface area (Å²) in [6, 6.07) is 14.2. The van der Waals surface area contributed by atoms with Gasteiger partial charge < -0.3 is 9.64 Å². The molecule has 0 aromatic heterocycles. The molecule has 3 nitrogen and oxygen atoms in total. The second kappa shape index (κ2) is 8.39. The lowest BCUT2D eigenvalue weighted by atomic mass is 10.0. The molecule has 3 rings (SSSR count). The Hall–Kier alpha value is -2.01. The fraction of sp³-hybridized carbons (Fsp3) is 0.350. The first-order valence-corrected chi connectivity index (χ1v) is 9.51. The minimum atomic E-state index is -0.314. The fourth-order valence-corrected chi connectivity index (χ4v) is 4.31. The van der Waals surface area contributed by atoms with Crippen LogP contribution >= 0.6 is 11.8 Å². The van der Waals surface area contributed by atoms with E-state index in [0.717, 1.165) is 25.3 Å². The Morgan fingerprint density at radius 1 is 1.20 bits per heavy atom. The third-order valence-electron chi connectivity index (χ3n) is 4.41. The molecule has 1 aliphatic heterocycles. The van der Waals surface area contributed by atoms with Gasteiger partial charge in [-0.3, -0.25) is 4.79 Å². The summed E-state index contributed by atoms with van der Waals surface area (Å²) in [6.07, 6.45) is 0.942. The second-order valence-electron chi connectivity index (χ2n) is 6.13. The van der Waals surface area contributed by atoms with Crippen molar-refractivity contribution in [3.05, 3.63) is 65.5 Å². The Kier molecular flexibility index (Phi) is 5.97. The highest BCUT2D eigenvalue weighted by Gasteiger charge is 2.23. The Morgan fingerprint density at radius 2 is 1.96 bits per heavy atom. The number of amides is 1. The topological polar surface area (TPSA) is 29.5 Å². The van der Waals surface area contributed by atoms with Crippen LogP contribution < -0.4 is 4.74 Å². The van der Waals surface area contributed by atoms with Crippen molar-refractivity contribution in [2.75, 3.05) is 25.4 Å². The van der Waals surface area contributed by atoms with Gasteiger partial charge in [0.2, 0.25) is 0 Å². The number of carbonyl (C=O) groups excluding carboxylic acids is 1. The van der Waals surface area contributed by atoms with Gasteiger partial charge in [-0.1, -0.05) is 24.3 Å². The van der Waals surface area contributed by atoms with E-state index >= 15 is 0 Å². The standard InChI is InChI=1S/C20H22FNO2S/c1-15-4-2-3-5-18(15)19-10-11-22(12-13-25-19)20(23)14-24-17-8-6-16(21)7-9-17/h2-9,19H,10-14H2,1H3/t19-/m1/s1. The average molecular weight is 359 g/mol. The lowest BCUT2D eigenvalue weighted by molar-refractivity contribution is -0.133. The van der Waals surface area contributed by atoms with Gasteiger partial charge in [0.15, 0.2) is 6.61 Å². The van der Waals surface area contributed by atoms with Gasteiger partial charge in [-0.15, -0.1) is 0 Å². The minimum absolute atomic E-state index is 0.00860. The predicted molar refractivity (Wildman–Crippen MR) is 99.5 cm³/mol. The Balaban J connectivity index is 1.54. The number of carbonyl (C=O) groups is 1. The van der Waals surface area contributed by atoms with Crippen LogP contribution in [0.15, 0.2) is 48.5 Å². The molecule has 0 bridgehead atoms. The molecule has 5 heteroatoms. The third kappa shape index (κ3) is 4.75. The summed E-state index contributed by atoms with van der Waals surface area (Å²) in [5.41, 5.74) is 2.67. The number of thioether (sulfide) groups is 1. The highest BCUT2D eigenvalue weighted by Crippen LogP contribution is 2.35. The largest absolute Gasteiger partial charge is 0.484 e. The number of rotatable bonds is 4. The van der Waals surface area contributed by atoms with E-state index in [1.54, 1.807) is 0 Å². The molecule has 0 unspecified atom stereocenters. The van der Waals surface area contributed by atoms with Crippen LogP contribution in [0, 0.1) is 12.7 Å². The first-order valence-electron chi connectivity index (χ1n) is 8.47. The second-order valence-corrected chi connectivity index (χ2v) is 7.44. The van der Waals surface area contributed by atoms with Crippen molar-refractivity contribution >= 4 is 17.7 Å². The molecule has 0 saturated carbocycles. The van der Waals surface area contributed by atoms with Gasteiger partial charge in [0.1, 0.15) is 11.6 Å². The Labute approximate surface area is 152 Å². The van der Waals surface area contributed by atoms with Crippen LogP contribution in [0.25, 0.3) is 0 Å². The van der Waals surface area contributed by atoms with Gasteiger partial charge in [-0.05, 0) is 48.7 Å². The van der Waals surface area contributed by atoms with Crippen LogP contribution in [-0.4, -0.2) is 36.3 Å². The van der Waals surface area contributed by atoms with Crippen molar-refractivity contribution in [3.63, 3.8) is 0 Å². The van der Waals surface area contributed by atoms with Gasteiger partial charge in [-0.25, -0.2) is 4.39 Å². The smallest absolute Gasteiger partial charge is 0.260 e. The molecule has 132 valence electrons. The normalized spacial score (nSPS) is 17.8. The molecule has 25 heavy (non-hydrogen) atoms. The summed E-state index contributed by atoms with van der Waals surface area (Å²) in [7, 11) is 0. The zero-order chi connectivity index (χ0) is 17.6. The first-order chi connectivity index (χ1) is 12.1. The van der Waals surface area contributed by atoms with Crippen molar-refractivity contribution in [2.45, 2.75) is 18.6 Å². The summed E-state index contributed by atoms with van der Waals surface area (Å²) in [6.45, 7) is 3.60. The van der Waals surface area contributed by atoms with Crippen LogP contribution in [0.5, 0.6) is 5.75 Å². The molecule has 1 amide bonds. The zero-order valence-electron chi connectivity index (χ0n) is 14.3. The van der Waals surface area contributed by atoms with E-state index in [1.165, 1.54) is 35.4 Å². The van der Waals surface area contributed by atoms with Crippen molar-refractivity contribution in [1.82, 2.24) is 4.90 Å². The summed E-state index contributed by atoms with van der Waals surface area (Å²) in [5, 5.41) is 0.428. The number of ether oxygens (including phenoxy) is 1. The molecule has 1 aliphatic rings. The molecule has 0 N–H and O–H groups in total. The average Bonchev–Trinajstić information content (AvgIpc) is 2.87. The minimum Gasteiger partial charge on any atom is -0.484 e. The van der Waals surface area contributed by atoms with Crippen LogP contribution in [0.1, 0.15) is 22.8 Å². The number of halogens is 1. The van der Waals surface area contributed by atoms with Crippen molar-refractivity contribution < 1.29 is 13.9 Å². The maximum absolute atomic E-state index is 12.9. The van der Waals surface area contributed by atoms with Crippen molar-refractivity contribution in [3.8, 4) is 5.75 Å². The highest BCUT2D eigenvalue weighted by molar-refractivity contribution is 7.99. The van der Waals surface area contributed by atoms with Crippen LogP contribution in [0.2, 0.25) is 0 Å². The number of benzene rings is 2. The van der Waals surface area contributed by atoms with E-state index in [9.17, 15) is 9.18 Å². The molecular weight excluding hydrogens is 337 g/mol. The van der Waals surface area contributed by atoms with Crippen LogP contribution in [-0.2, 0) is 4.79 Å². The number of hydrogen-bond donors (Lipinski definition) is 0. The van der Waals surface area contributed by atoms with Gasteiger partial charge >= 0.3 is 0 Å². The van der Waals surface area contributed by atoms with E-state index < -0.39 is 0 Å². The maximum Gasteiger partial charge on any atom is 0.260 e. The van der Waals surface area contributed by atoms with Crippen molar-refractivity contribution in [2.24, 2.45) is 0 Å². The van der Waals surface area contributed by atoms with E-state index in [4.69, 9.17) is 4.74 Å². The summed E-state index contributed by atoms with van der Waals surface area (Å²) in [5.74, 6) is 1.10. The van der Waals surface area contributed by atoms with Gasteiger partial charge in [0.05, 0.1) is 0 Å². The molecule has 0 aliphatic carbocycles. The Bertz CT molecular complexity index is 720. The third-order valence-corrected chi connectivity index (χ3v) is 5.72. The molecule has 1 saturated heterocycles. The molecule has 2 aromatic rings. The number of nitrogens with zero attached hydrogens (tertiary/aromatic N) is 1. The molecule has 1 fully saturated rings. The van der Waals surface area contributed by atoms with E-state index in [1.807, 2.05) is 16.7 Å². The zero-order valence-corrected chi connectivity index (χ0v) is 15.1. The van der Waals surface area contributed by atoms with Gasteiger partial charge in [0, 0.05) is 24.1 Å². The van der Waals surface area contributed by atoms with Crippen LogP contribution in [0.4, 0.5) is 4.39 Å². The lowest BCUT2D eigenvalue weighted by Gasteiger charge is -2.20. The Morgan fingerprint density at radius 3 is 2.72 bits per heavy atom. The highest BCUT2D eigenvalue weighted by atomic mass is 32.2. The SMILES string of the molecule is Cc1ccccc1[C@H]1CCN(C(=O)COc2ccc(F)cc2)CCS1. The number of hydrogen-bond acceptors (Lipinski definition) is 3. The van der Waals surface area contributed by atoms with Crippen molar-refractivity contribution in [1.29, 1.82) is 0 Å². The first kappa shape index (κ1) is 17.8. The maximum atomic E-state index is 12.9. The molecular formula is C20H22FNO2S. The molecule has 2 aromatic carbocycles. The summed E-state index contributed by atoms with van der Waals surface area (Å²) >= 11 is 1.91. The predicted octanol–water partition coefficient (Wildman–Crippen LogP) is 4.22. The molecule has 0 spiro atoms. The summed E-state index contributed by atoms with van der Waals surface area (Å²) < 4.78 is 18.4. The lowest BCUT2D eigenvalue weighted by Crippen LogP contribution is -2.36. The van der Waals surface area contributed by atoms with E-state index in [-0.39, 0.29) is 18.3 Å². The molecule has 1 heterocycles. The summed E-state index contributed by atoms with van der Waals surface area (Å²) in [4.78, 5) is 14.3.